The number of ether oxygens (including phenoxy) is 2. The number of hydrogen-bond donors (Lipinski definition) is 0. The molecule has 4 rings (SSSR count). The maximum atomic E-state index is 5.59. The minimum atomic E-state index is 0.343. The smallest absolute Gasteiger partial charge is 0.241 e. The highest BCUT2D eigenvalue weighted by atomic mass is 16.5. The molecule has 1 saturated heterocycles. The van der Waals surface area contributed by atoms with Crippen LogP contribution < -0.4 is 9.47 Å². The van der Waals surface area contributed by atoms with Gasteiger partial charge in [-0.3, -0.25) is 4.90 Å². The van der Waals surface area contributed by atoms with Crippen LogP contribution in [0.15, 0.2) is 53.1 Å². The van der Waals surface area contributed by atoms with Crippen LogP contribution in [-0.2, 0) is 6.54 Å². The van der Waals surface area contributed by atoms with Crippen LogP contribution in [0.3, 0.4) is 0 Å². The summed E-state index contributed by atoms with van der Waals surface area (Å²) in [6, 6.07) is 16.5. The Bertz CT molecular complexity index is 923. The van der Waals surface area contributed by atoms with E-state index in [1.165, 1.54) is 24.8 Å². The SMILES string of the molecule is COc1ccc([C@H]2CCCCCN2Cc2nc(-c3cccc(OC)c3)no2)cc1. The van der Waals surface area contributed by atoms with Gasteiger partial charge >= 0.3 is 0 Å². The standard InChI is InChI=1S/C23H27N3O3/c1-27-19-12-10-17(11-13-19)21-9-4-3-5-14-26(21)16-22-24-23(25-29-22)18-7-6-8-20(15-18)28-2/h6-8,10-13,15,21H,3-5,9,14,16H2,1-2H3/t21-/m1/s1. The second-order valence-corrected chi connectivity index (χ2v) is 7.35. The van der Waals surface area contributed by atoms with Gasteiger partial charge in [0.2, 0.25) is 11.7 Å². The summed E-state index contributed by atoms with van der Waals surface area (Å²) in [4.78, 5) is 7.10. The summed E-state index contributed by atoms with van der Waals surface area (Å²) in [5.74, 6) is 2.90. The van der Waals surface area contributed by atoms with E-state index in [2.05, 4.69) is 27.2 Å². The first-order valence-corrected chi connectivity index (χ1v) is 10.1. The van der Waals surface area contributed by atoms with E-state index >= 15 is 0 Å². The zero-order valence-corrected chi connectivity index (χ0v) is 17.0. The predicted octanol–water partition coefficient (Wildman–Crippen LogP) is 4.87. The summed E-state index contributed by atoms with van der Waals surface area (Å²) < 4.78 is 16.2. The summed E-state index contributed by atoms with van der Waals surface area (Å²) in [7, 11) is 3.35. The van der Waals surface area contributed by atoms with Gasteiger partial charge in [0.05, 0.1) is 20.8 Å². The van der Waals surface area contributed by atoms with Crippen LogP contribution in [-0.4, -0.2) is 35.8 Å². The number of methoxy groups -OCH3 is 2. The Hall–Kier alpha value is -2.86. The molecule has 6 heteroatoms. The largest absolute Gasteiger partial charge is 0.497 e. The third-order valence-corrected chi connectivity index (χ3v) is 5.50. The second-order valence-electron chi connectivity index (χ2n) is 7.35. The van der Waals surface area contributed by atoms with Crippen LogP contribution in [0.2, 0.25) is 0 Å². The molecule has 3 aromatic rings. The Labute approximate surface area is 171 Å². The average molecular weight is 393 g/mol. The normalized spacial score (nSPS) is 17.7. The van der Waals surface area contributed by atoms with Gasteiger partial charge < -0.3 is 14.0 Å². The molecule has 152 valence electrons. The molecule has 1 aromatic heterocycles. The van der Waals surface area contributed by atoms with Crippen LogP contribution in [0, 0.1) is 0 Å². The number of aromatic nitrogens is 2. The molecule has 1 atom stereocenters. The Morgan fingerprint density at radius 3 is 2.62 bits per heavy atom. The van der Waals surface area contributed by atoms with Crippen LogP contribution in [0.25, 0.3) is 11.4 Å². The van der Waals surface area contributed by atoms with E-state index in [1.807, 2.05) is 36.4 Å². The quantitative estimate of drug-likeness (QED) is 0.595. The molecule has 0 amide bonds. The topological polar surface area (TPSA) is 60.6 Å². The molecule has 1 aliphatic rings. The fourth-order valence-corrected chi connectivity index (χ4v) is 3.93. The highest BCUT2D eigenvalue weighted by molar-refractivity contribution is 5.56. The third kappa shape index (κ3) is 4.59. The molecule has 0 bridgehead atoms. The van der Waals surface area contributed by atoms with Crippen molar-refractivity contribution in [2.75, 3.05) is 20.8 Å². The maximum Gasteiger partial charge on any atom is 0.241 e. The van der Waals surface area contributed by atoms with Crippen molar-refractivity contribution in [3.63, 3.8) is 0 Å². The zero-order chi connectivity index (χ0) is 20.1. The van der Waals surface area contributed by atoms with Crippen molar-refractivity contribution in [2.24, 2.45) is 0 Å². The monoisotopic (exact) mass is 393 g/mol. The fourth-order valence-electron chi connectivity index (χ4n) is 3.93. The maximum absolute atomic E-state index is 5.59. The van der Waals surface area contributed by atoms with Gasteiger partial charge in [-0.15, -0.1) is 0 Å². The van der Waals surface area contributed by atoms with E-state index in [-0.39, 0.29) is 0 Å². The van der Waals surface area contributed by atoms with Crippen molar-refractivity contribution < 1.29 is 14.0 Å². The van der Waals surface area contributed by atoms with E-state index in [0.717, 1.165) is 30.0 Å². The number of hydrogen-bond acceptors (Lipinski definition) is 6. The van der Waals surface area contributed by atoms with E-state index in [0.29, 0.717) is 24.3 Å². The highest BCUT2D eigenvalue weighted by Gasteiger charge is 2.25. The number of rotatable bonds is 6. The summed E-state index contributed by atoms with van der Waals surface area (Å²) >= 11 is 0. The molecular weight excluding hydrogens is 366 g/mol. The first-order valence-electron chi connectivity index (χ1n) is 10.1. The van der Waals surface area contributed by atoms with E-state index in [4.69, 9.17) is 14.0 Å². The second kappa shape index (κ2) is 9.09. The summed E-state index contributed by atoms with van der Waals surface area (Å²) in [5, 5.41) is 4.19. The molecule has 0 saturated carbocycles. The highest BCUT2D eigenvalue weighted by Crippen LogP contribution is 2.32. The van der Waals surface area contributed by atoms with Crippen LogP contribution >= 0.6 is 0 Å². The molecule has 0 aliphatic carbocycles. The lowest BCUT2D eigenvalue weighted by molar-refractivity contribution is 0.168. The number of likely N-dealkylation sites (tertiary alicyclic amines) is 1. The van der Waals surface area contributed by atoms with Crippen molar-refractivity contribution in [3.05, 3.63) is 60.0 Å². The van der Waals surface area contributed by atoms with Gasteiger partial charge in [0.25, 0.3) is 0 Å². The van der Waals surface area contributed by atoms with Gasteiger partial charge in [-0.1, -0.05) is 42.3 Å². The number of benzene rings is 2. The molecule has 6 nitrogen and oxygen atoms in total. The molecule has 1 fully saturated rings. The Kier molecular flexibility index (Phi) is 6.10. The minimum Gasteiger partial charge on any atom is -0.497 e. The fraction of sp³-hybridized carbons (Fsp3) is 0.391. The van der Waals surface area contributed by atoms with Gasteiger partial charge in [0, 0.05) is 11.6 Å². The van der Waals surface area contributed by atoms with Crippen molar-refractivity contribution in [2.45, 2.75) is 38.3 Å². The molecule has 1 aliphatic heterocycles. The van der Waals surface area contributed by atoms with Crippen molar-refractivity contribution in [1.82, 2.24) is 15.0 Å². The molecule has 0 radical (unpaired) electrons. The van der Waals surface area contributed by atoms with Crippen molar-refractivity contribution in [1.29, 1.82) is 0 Å². The Balaban J connectivity index is 1.53. The molecule has 2 aromatic carbocycles. The van der Waals surface area contributed by atoms with Gasteiger partial charge in [0.1, 0.15) is 11.5 Å². The Morgan fingerprint density at radius 1 is 1.00 bits per heavy atom. The summed E-state index contributed by atoms with van der Waals surface area (Å²) in [6.07, 6.45) is 4.79. The minimum absolute atomic E-state index is 0.343. The molecular formula is C23H27N3O3. The van der Waals surface area contributed by atoms with E-state index in [9.17, 15) is 0 Å². The average Bonchev–Trinajstić information content (AvgIpc) is 3.12. The summed E-state index contributed by atoms with van der Waals surface area (Å²) in [6.45, 7) is 1.67. The lowest BCUT2D eigenvalue weighted by atomic mass is 10.0. The molecule has 0 spiro atoms. The van der Waals surface area contributed by atoms with Crippen LogP contribution in [0.4, 0.5) is 0 Å². The van der Waals surface area contributed by atoms with Gasteiger partial charge in [-0.25, -0.2) is 0 Å². The molecule has 0 unspecified atom stereocenters. The molecule has 0 N–H and O–H groups in total. The first-order chi connectivity index (χ1) is 14.3. The van der Waals surface area contributed by atoms with Gasteiger partial charge in [-0.2, -0.15) is 4.98 Å². The van der Waals surface area contributed by atoms with Crippen molar-refractivity contribution >= 4 is 0 Å². The van der Waals surface area contributed by atoms with Crippen molar-refractivity contribution in [3.8, 4) is 22.9 Å². The lowest BCUT2D eigenvalue weighted by Crippen LogP contribution is -2.28. The van der Waals surface area contributed by atoms with E-state index < -0.39 is 0 Å². The van der Waals surface area contributed by atoms with Crippen LogP contribution in [0.1, 0.15) is 43.2 Å². The first kappa shape index (κ1) is 19.5. The molecule has 29 heavy (non-hydrogen) atoms. The molecule has 2 heterocycles. The van der Waals surface area contributed by atoms with Gasteiger partial charge in [0.15, 0.2) is 0 Å². The van der Waals surface area contributed by atoms with E-state index in [1.54, 1.807) is 14.2 Å². The summed E-state index contributed by atoms with van der Waals surface area (Å²) in [5.41, 5.74) is 2.20. The van der Waals surface area contributed by atoms with Crippen LogP contribution in [0.5, 0.6) is 11.5 Å². The lowest BCUT2D eigenvalue weighted by Gasteiger charge is -2.29. The Morgan fingerprint density at radius 2 is 1.83 bits per heavy atom. The van der Waals surface area contributed by atoms with Gasteiger partial charge in [-0.05, 0) is 49.2 Å². The zero-order valence-electron chi connectivity index (χ0n) is 17.0. The predicted molar refractivity (Wildman–Crippen MR) is 111 cm³/mol. The number of nitrogens with zero attached hydrogens (tertiary/aromatic N) is 3. The third-order valence-electron chi connectivity index (χ3n) is 5.50.